The van der Waals surface area contributed by atoms with Crippen molar-refractivity contribution in [1.82, 2.24) is 19.2 Å². The van der Waals surface area contributed by atoms with Gasteiger partial charge in [0.2, 0.25) is 6.41 Å². The molecule has 0 saturated heterocycles. The van der Waals surface area contributed by atoms with Crippen LogP contribution in [0.1, 0.15) is 35.5 Å². The summed E-state index contributed by atoms with van der Waals surface area (Å²) in [4.78, 5) is 17.4. The maximum absolute atomic E-state index is 13.6. The number of carbonyl (C=O) groups is 1. The van der Waals surface area contributed by atoms with Crippen molar-refractivity contribution >= 4 is 52.6 Å². The van der Waals surface area contributed by atoms with Crippen molar-refractivity contribution in [2.24, 2.45) is 5.10 Å². The van der Waals surface area contributed by atoms with E-state index >= 15 is 0 Å². The monoisotopic (exact) mass is 613 g/mol. The second kappa shape index (κ2) is 11.2. The van der Waals surface area contributed by atoms with Gasteiger partial charge in [0.15, 0.2) is 0 Å². The molecular formula is C20H21ClF3IN5O2P. The van der Waals surface area contributed by atoms with Crippen LogP contribution in [0.25, 0.3) is 0 Å². The summed E-state index contributed by atoms with van der Waals surface area (Å²) in [7, 11) is 0. The summed E-state index contributed by atoms with van der Waals surface area (Å²) >= 11 is 8.30. The SMILES string of the molecule is C/C(Cl)=C(\C=N/N(C=O)PI)N1CCc2c(ncn2C(CO)c2ccccc2C(F)(F)F)C1. The molecule has 178 valence electrons. The number of rotatable bonds is 8. The summed E-state index contributed by atoms with van der Waals surface area (Å²) in [5.74, 6) is 0. The third-order valence-electron chi connectivity index (χ3n) is 5.26. The van der Waals surface area contributed by atoms with E-state index in [9.17, 15) is 23.1 Å². The van der Waals surface area contributed by atoms with Gasteiger partial charge in [-0.2, -0.15) is 18.3 Å². The number of hydrazone groups is 1. The normalized spacial score (nSPS) is 16.3. The van der Waals surface area contributed by atoms with Crippen LogP contribution in [-0.4, -0.2) is 50.1 Å². The Labute approximate surface area is 208 Å². The first kappa shape index (κ1) is 25.9. The van der Waals surface area contributed by atoms with Gasteiger partial charge in [-0.25, -0.2) is 9.76 Å². The highest BCUT2D eigenvalue weighted by atomic mass is 127. The van der Waals surface area contributed by atoms with Gasteiger partial charge in [-0.15, -0.1) is 0 Å². The average Bonchev–Trinajstić information content (AvgIpc) is 3.20. The Hall–Kier alpha value is -1.69. The molecule has 1 aromatic carbocycles. The van der Waals surface area contributed by atoms with Crippen LogP contribution in [0.5, 0.6) is 0 Å². The molecule has 0 radical (unpaired) electrons. The van der Waals surface area contributed by atoms with Crippen molar-refractivity contribution in [1.29, 1.82) is 0 Å². The van der Waals surface area contributed by atoms with Crippen molar-refractivity contribution in [2.75, 3.05) is 13.2 Å². The van der Waals surface area contributed by atoms with E-state index in [0.29, 0.717) is 42.3 Å². The van der Waals surface area contributed by atoms with Gasteiger partial charge in [0.25, 0.3) is 0 Å². The Morgan fingerprint density at radius 2 is 2.18 bits per heavy atom. The summed E-state index contributed by atoms with van der Waals surface area (Å²) in [5, 5.41) is 14.6. The molecule has 13 heteroatoms. The molecule has 7 nitrogen and oxygen atoms in total. The van der Waals surface area contributed by atoms with Gasteiger partial charge >= 0.3 is 6.18 Å². The molecule has 0 spiro atoms. The van der Waals surface area contributed by atoms with E-state index < -0.39 is 24.4 Å². The minimum absolute atomic E-state index is 0.00645. The van der Waals surface area contributed by atoms with Gasteiger partial charge in [0, 0.05) is 23.7 Å². The predicted octanol–water partition coefficient (Wildman–Crippen LogP) is 4.70. The Bertz CT molecular complexity index is 1060. The summed E-state index contributed by atoms with van der Waals surface area (Å²) in [6, 6.07) is 4.34. The minimum atomic E-state index is -4.54. The number of imidazole rings is 1. The second-order valence-corrected chi connectivity index (χ2v) is 9.84. The highest BCUT2D eigenvalue weighted by Crippen LogP contribution is 2.37. The van der Waals surface area contributed by atoms with E-state index in [0.717, 1.165) is 11.8 Å². The van der Waals surface area contributed by atoms with Gasteiger partial charge in [0.05, 0.1) is 55.1 Å². The number of alkyl halides is 3. The fourth-order valence-corrected chi connectivity index (χ4v) is 4.79. The summed E-state index contributed by atoms with van der Waals surface area (Å²) in [6.45, 7) is 2.08. The lowest BCUT2D eigenvalue weighted by atomic mass is 9.99. The molecule has 0 aliphatic carbocycles. The third kappa shape index (κ3) is 5.87. The topological polar surface area (TPSA) is 74.0 Å². The lowest BCUT2D eigenvalue weighted by Crippen LogP contribution is -2.33. The van der Waals surface area contributed by atoms with Crippen LogP contribution in [0.2, 0.25) is 0 Å². The van der Waals surface area contributed by atoms with E-state index in [1.807, 2.05) is 26.9 Å². The van der Waals surface area contributed by atoms with Crippen molar-refractivity contribution in [2.45, 2.75) is 32.1 Å². The van der Waals surface area contributed by atoms with Gasteiger partial charge < -0.3 is 14.6 Å². The Morgan fingerprint density at radius 3 is 2.79 bits per heavy atom. The molecule has 3 rings (SSSR count). The van der Waals surface area contributed by atoms with Crippen LogP contribution >= 0.6 is 40.0 Å². The van der Waals surface area contributed by atoms with Crippen molar-refractivity contribution in [3.63, 3.8) is 0 Å². The number of fused-ring (bicyclic) bond motifs is 1. The van der Waals surface area contributed by atoms with Crippen LogP contribution in [-0.2, 0) is 23.9 Å². The molecule has 1 aliphatic heterocycles. The molecule has 1 aromatic heterocycles. The molecule has 2 unspecified atom stereocenters. The number of aliphatic hydroxyl groups excluding tert-OH is 1. The zero-order valence-corrected chi connectivity index (χ0v) is 21.3. The lowest BCUT2D eigenvalue weighted by molar-refractivity contribution is -0.138. The van der Waals surface area contributed by atoms with Gasteiger partial charge in [-0.05, 0) is 40.6 Å². The lowest BCUT2D eigenvalue weighted by Gasteiger charge is -2.31. The van der Waals surface area contributed by atoms with E-state index in [-0.39, 0.29) is 11.9 Å². The average molecular weight is 614 g/mol. The van der Waals surface area contributed by atoms with Crippen LogP contribution in [0.3, 0.4) is 0 Å². The fraction of sp³-hybridized carbons (Fsp3) is 0.350. The number of nitrogens with zero attached hydrogens (tertiary/aromatic N) is 5. The smallest absolute Gasteiger partial charge is 0.394 e. The van der Waals surface area contributed by atoms with Crippen LogP contribution in [0.15, 0.2) is 46.4 Å². The number of halogens is 5. The largest absolute Gasteiger partial charge is 0.416 e. The van der Waals surface area contributed by atoms with E-state index in [4.69, 9.17) is 11.6 Å². The molecule has 0 saturated carbocycles. The summed E-state index contributed by atoms with van der Waals surface area (Å²) in [5.41, 5.74) is 1.27. The fourth-order valence-electron chi connectivity index (χ4n) is 3.76. The van der Waals surface area contributed by atoms with Crippen LogP contribution < -0.4 is 0 Å². The molecule has 1 aliphatic rings. The van der Waals surface area contributed by atoms with Crippen molar-refractivity contribution in [3.05, 3.63) is 63.8 Å². The zero-order valence-electron chi connectivity index (χ0n) is 17.4. The highest BCUT2D eigenvalue weighted by Gasteiger charge is 2.36. The highest BCUT2D eigenvalue weighted by molar-refractivity contribution is 14.2. The van der Waals surface area contributed by atoms with E-state index in [1.54, 1.807) is 11.5 Å². The first-order chi connectivity index (χ1) is 15.7. The number of amides is 1. The minimum Gasteiger partial charge on any atom is -0.394 e. The Morgan fingerprint density at radius 1 is 1.45 bits per heavy atom. The van der Waals surface area contributed by atoms with Crippen LogP contribution in [0.4, 0.5) is 13.2 Å². The predicted molar refractivity (Wildman–Crippen MR) is 130 cm³/mol. The quantitative estimate of drug-likeness (QED) is 0.154. The summed E-state index contributed by atoms with van der Waals surface area (Å²) < 4.78 is 43.5. The molecular weight excluding hydrogens is 593 g/mol. The zero-order chi connectivity index (χ0) is 24.2. The van der Waals surface area contributed by atoms with Gasteiger partial charge in [-0.3, -0.25) is 4.79 Å². The van der Waals surface area contributed by atoms with E-state index in [2.05, 4.69) is 10.1 Å². The Balaban J connectivity index is 1.91. The molecule has 1 amide bonds. The number of hydrogen-bond donors (Lipinski definition) is 1. The summed E-state index contributed by atoms with van der Waals surface area (Å²) in [6.07, 6.45) is -0.317. The molecule has 33 heavy (non-hydrogen) atoms. The first-order valence-electron chi connectivity index (χ1n) is 9.78. The third-order valence-corrected chi connectivity index (χ3v) is 7.33. The number of allylic oxidation sites excluding steroid dienone is 2. The first-order valence-corrected chi connectivity index (χ1v) is 14.2. The number of aromatic nitrogens is 2. The number of benzene rings is 1. The number of carbonyl (C=O) groups excluding carboxylic acids is 1. The molecule has 2 heterocycles. The van der Waals surface area contributed by atoms with Gasteiger partial charge in [-0.1, -0.05) is 29.8 Å². The number of aliphatic hydroxyl groups is 1. The van der Waals surface area contributed by atoms with Crippen LogP contribution in [0, 0.1) is 0 Å². The number of hydrogen-bond acceptors (Lipinski definition) is 5. The molecule has 0 bridgehead atoms. The molecule has 1 N–H and O–H groups in total. The molecule has 0 fully saturated rings. The second-order valence-electron chi connectivity index (χ2n) is 7.20. The molecule has 2 aromatic rings. The maximum Gasteiger partial charge on any atom is 0.416 e. The van der Waals surface area contributed by atoms with Gasteiger partial charge in [0.1, 0.15) is 0 Å². The van der Waals surface area contributed by atoms with E-state index in [1.165, 1.54) is 35.5 Å². The molecule has 2 atom stereocenters. The maximum atomic E-state index is 13.6. The van der Waals surface area contributed by atoms with Crippen molar-refractivity contribution < 1.29 is 23.1 Å². The Kier molecular flexibility index (Phi) is 8.76. The standard InChI is InChI=1S/C20H21ClF3IN5O2P/c1-13(21)18(8-27-30(12-32)33-25)28-7-6-17-16(9-28)26-11-29(17)19(10-31)14-4-2-3-5-15(14)20(22,23)24/h2-5,8,11-12,19,31,33H,6-7,9-10H2,1H3/b18-13-,27-8-. The van der Waals surface area contributed by atoms with Crippen molar-refractivity contribution in [3.8, 4) is 0 Å².